The summed E-state index contributed by atoms with van der Waals surface area (Å²) in [5.74, 6) is -0.970. The second-order valence-electron chi connectivity index (χ2n) is 11.4. The first-order chi connectivity index (χ1) is 22.3. The molecule has 3 N–H and O–H groups in total. The van der Waals surface area contributed by atoms with Crippen molar-refractivity contribution < 1.29 is 43.5 Å². The van der Waals surface area contributed by atoms with Gasteiger partial charge in [0, 0.05) is 49.3 Å². The van der Waals surface area contributed by atoms with Gasteiger partial charge in [-0.1, -0.05) is 54.4 Å². The van der Waals surface area contributed by atoms with Crippen molar-refractivity contribution in [3.05, 3.63) is 69.7 Å². The predicted molar refractivity (Wildman–Crippen MR) is 182 cm³/mol. The molecular weight excluding hydrogens is 651 g/mol. The molecule has 0 bridgehead atoms. The molecule has 0 spiro atoms. The Morgan fingerprint density at radius 2 is 1.53 bits per heavy atom. The summed E-state index contributed by atoms with van der Waals surface area (Å²) < 4.78 is 20.9. The normalized spacial score (nSPS) is 11.6. The fourth-order valence-electron chi connectivity index (χ4n) is 3.96. The lowest BCUT2D eigenvalue weighted by Gasteiger charge is -2.27. The highest BCUT2D eigenvalue weighted by molar-refractivity contribution is 6.30. The maximum atomic E-state index is 12.5. The summed E-state index contributed by atoms with van der Waals surface area (Å²) in [7, 11) is 0. The van der Waals surface area contributed by atoms with Gasteiger partial charge >= 0.3 is 18.2 Å². The molecule has 2 aromatic rings. The van der Waals surface area contributed by atoms with Gasteiger partial charge in [0.05, 0.1) is 19.8 Å². The van der Waals surface area contributed by atoms with E-state index < -0.39 is 29.9 Å². The summed E-state index contributed by atoms with van der Waals surface area (Å²) in [5.41, 5.74) is 1.48. The fraction of sp³-hybridized carbons (Fsp3) is 0.559. The van der Waals surface area contributed by atoms with E-state index in [4.69, 9.17) is 52.4 Å². The molecule has 0 saturated carbocycles. The Hall–Kier alpha value is -3.09. The van der Waals surface area contributed by atoms with Crippen LogP contribution in [0.5, 0.6) is 0 Å². The number of hydrogen-bond donors (Lipinski definition) is 3. The molecule has 0 saturated heterocycles. The highest BCUT2D eigenvalue weighted by atomic mass is 35.5. The van der Waals surface area contributed by atoms with E-state index in [9.17, 15) is 14.4 Å². The number of rotatable bonds is 19. The first-order valence-electron chi connectivity index (χ1n) is 15.7. The zero-order valence-corrected chi connectivity index (χ0v) is 29.4. The smallest absolute Gasteiger partial charge is 0.410 e. The van der Waals surface area contributed by atoms with Crippen LogP contribution in [0, 0.1) is 0 Å². The molecule has 0 heterocycles. The zero-order chi connectivity index (χ0) is 35.1. The number of carbonyl (C=O) groups is 3. The number of carboxylic acids is 1. The Balaban J connectivity index is 0.000000491. The quantitative estimate of drug-likeness (QED) is 0.142. The van der Waals surface area contributed by atoms with Crippen LogP contribution in [0.3, 0.4) is 0 Å². The Kier molecular flexibility index (Phi) is 21.5. The van der Waals surface area contributed by atoms with Crippen LogP contribution in [-0.2, 0) is 36.6 Å². The summed E-state index contributed by atoms with van der Waals surface area (Å²) >= 11 is 11.9. The van der Waals surface area contributed by atoms with Crippen molar-refractivity contribution in [1.82, 2.24) is 10.2 Å². The number of alkyl carbamates (subject to hydrolysis) is 1. The van der Waals surface area contributed by atoms with Gasteiger partial charge in [-0.2, -0.15) is 0 Å². The van der Waals surface area contributed by atoms with E-state index in [1.807, 2.05) is 57.2 Å². The van der Waals surface area contributed by atoms with E-state index in [1.165, 1.54) is 0 Å². The molecule has 0 aliphatic heterocycles. The maximum Gasteiger partial charge on any atom is 0.410 e. The molecule has 0 fully saturated rings. The lowest BCUT2D eigenvalue weighted by molar-refractivity contribution is -0.150. The fourth-order valence-corrected chi connectivity index (χ4v) is 4.38. The molecular formula is C34H50Cl2N2O9. The number of nitrogens with one attached hydrogen (secondary N) is 1. The molecule has 2 amide bonds. The topological polar surface area (TPSA) is 144 Å². The van der Waals surface area contributed by atoms with Crippen LogP contribution in [-0.4, -0.2) is 97.6 Å². The van der Waals surface area contributed by atoms with Gasteiger partial charge in [-0.25, -0.2) is 14.4 Å². The lowest BCUT2D eigenvalue weighted by atomic mass is 10.1. The van der Waals surface area contributed by atoms with Crippen molar-refractivity contribution in [2.45, 2.75) is 71.5 Å². The number of aliphatic carboxylic acids is 1. The van der Waals surface area contributed by atoms with Gasteiger partial charge in [-0.15, -0.1) is 0 Å². The van der Waals surface area contributed by atoms with Crippen LogP contribution in [0.15, 0.2) is 48.5 Å². The standard InChI is InChI=1S/C20H30ClNO5.C14H20ClNO4/c1-5-17(18(23)24)26-13-7-11-22(19(25)27-20(2,3)4)12-10-15-8-6-9-16(21)14-15;15-13-4-1-3-12(11-13)5-9-20-14(18)16-6-2-8-19-10-7-17/h6,8-9,14,17H,5,7,10-13H2,1-4H3,(H,23,24);1,3-4,11,17H,2,5-10H2,(H,16,18). The second kappa shape index (κ2) is 24.1. The molecule has 1 unspecified atom stereocenters. The maximum absolute atomic E-state index is 12.5. The number of carbonyl (C=O) groups excluding carboxylic acids is 2. The van der Waals surface area contributed by atoms with Crippen LogP contribution >= 0.6 is 23.2 Å². The van der Waals surface area contributed by atoms with Crippen molar-refractivity contribution in [2.75, 3.05) is 52.7 Å². The number of benzene rings is 2. The van der Waals surface area contributed by atoms with Gasteiger partial charge in [-0.05, 0) is 81.8 Å². The summed E-state index contributed by atoms with van der Waals surface area (Å²) in [6.45, 7) is 10.0. The molecule has 1 atom stereocenters. The number of amides is 2. The van der Waals surface area contributed by atoms with Crippen LogP contribution in [0.1, 0.15) is 58.1 Å². The summed E-state index contributed by atoms with van der Waals surface area (Å²) in [6, 6.07) is 15.0. The van der Waals surface area contributed by atoms with Crippen molar-refractivity contribution >= 4 is 41.4 Å². The van der Waals surface area contributed by atoms with E-state index >= 15 is 0 Å². The first kappa shape index (κ1) is 41.9. The summed E-state index contributed by atoms with van der Waals surface area (Å²) in [4.78, 5) is 36.4. The average molecular weight is 702 g/mol. The van der Waals surface area contributed by atoms with E-state index in [1.54, 1.807) is 24.0 Å². The Morgan fingerprint density at radius 1 is 0.894 bits per heavy atom. The first-order valence-corrected chi connectivity index (χ1v) is 16.5. The number of aliphatic hydroxyl groups is 1. The lowest BCUT2D eigenvalue weighted by Crippen LogP contribution is -2.39. The summed E-state index contributed by atoms with van der Waals surface area (Å²) in [5, 5.41) is 21.5. The number of nitrogens with zero attached hydrogens (tertiary/aromatic N) is 1. The molecule has 0 aromatic heterocycles. The van der Waals surface area contributed by atoms with Crippen LogP contribution in [0.4, 0.5) is 9.59 Å². The third kappa shape index (κ3) is 21.4. The minimum absolute atomic E-state index is 0.0129. The Labute approximate surface area is 288 Å². The van der Waals surface area contributed by atoms with Gasteiger partial charge < -0.3 is 39.4 Å². The van der Waals surface area contributed by atoms with Crippen LogP contribution in [0.2, 0.25) is 10.0 Å². The second-order valence-corrected chi connectivity index (χ2v) is 12.3. The monoisotopic (exact) mass is 700 g/mol. The van der Waals surface area contributed by atoms with Gasteiger partial charge in [0.15, 0.2) is 6.10 Å². The van der Waals surface area contributed by atoms with Gasteiger partial charge in [0.2, 0.25) is 0 Å². The van der Waals surface area contributed by atoms with Crippen LogP contribution in [0.25, 0.3) is 0 Å². The van der Waals surface area contributed by atoms with E-state index in [2.05, 4.69) is 5.32 Å². The highest BCUT2D eigenvalue weighted by Crippen LogP contribution is 2.15. The average Bonchev–Trinajstić information content (AvgIpc) is 2.99. The Bertz CT molecular complexity index is 1190. The molecule has 0 aliphatic rings. The van der Waals surface area contributed by atoms with Crippen molar-refractivity contribution in [3.63, 3.8) is 0 Å². The molecule has 2 aromatic carbocycles. The van der Waals surface area contributed by atoms with E-state index in [0.717, 1.165) is 11.1 Å². The SMILES string of the molecule is CCC(OCCCN(CCc1cccc(Cl)c1)C(=O)OC(C)(C)C)C(=O)O.O=C(NCCCOCCO)OCCc1cccc(Cl)c1. The minimum atomic E-state index is -0.970. The van der Waals surface area contributed by atoms with Crippen molar-refractivity contribution in [2.24, 2.45) is 0 Å². The van der Waals surface area contributed by atoms with Gasteiger partial charge in [-0.3, -0.25) is 0 Å². The number of halogens is 2. The Morgan fingerprint density at radius 3 is 2.09 bits per heavy atom. The molecule has 0 radical (unpaired) electrons. The van der Waals surface area contributed by atoms with E-state index in [0.29, 0.717) is 81.6 Å². The number of hydrogen-bond acceptors (Lipinski definition) is 8. The third-order valence-corrected chi connectivity index (χ3v) is 6.70. The number of ether oxygens (including phenoxy) is 4. The van der Waals surface area contributed by atoms with Crippen LogP contribution < -0.4 is 5.32 Å². The molecule has 2 rings (SSSR count). The number of carboxylic acid groups (broad SMARTS) is 1. The number of aliphatic hydroxyl groups excluding tert-OH is 1. The molecule has 264 valence electrons. The van der Waals surface area contributed by atoms with Gasteiger partial charge in [0.25, 0.3) is 0 Å². The zero-order valence-electron chi connectivity index (χ0n) is 27.8. The molecule has 11 nitrogen and oxygen atoms in total. The van der Waals surface area contributed by atoms with E-state index in [-0.39, 0.29) is 13.2 Å². The van der Waals surface area contributed by atoms with Crippen molar-refractivity contribution in [1.29, 1.82) is 0 Å². The predicted octanol–water partition coefficient (Wildman–Crippen LogP) is 6.40. The largest absolute Gasteiger partial charge is 0.479 e. The molecule has 47 heavy (non-hydrogen) atoms. The molecule has 13 heteroatoms. The minimum Gasteiger partial charge on any atom is -0.479 e. The third-order valence-electron chi connectivity index (χ3n) is 6.23. The van der Waals surface area contributed by atoms with Crippen molar-refractivity contribution in [3.8, 4) is 0 Å². The van der Waals surface area contributed by atoms with Gasteiger partial charge in [0.1, 0.15) is 5.60 Å². The molecule has 0 aliphatic carbocycles. The summed E-state index contributed by atoms with van der Waals surface area (Å²) in [6.07, 6.45) is 1.25. The highest BCUT2D eigenvalue weighted by Gasteiger charge is 2.22.